The molecule has 10 rings (SSSR count). The van der Waals surface area contributed by atoms with E-state index in [-0.39, 0.29) is 0 Å². The molecule has 10 aliphatic rings. The Kier molecular flexibility index (Phi) is 3.53. The zero-order chi connectivity index (χ0) is 22.1. The normalized spacial score (nSPS) is 66.6. The number of rotatable bonds is 3. The predicted molar refractivity (Wildman–Crippen MR) is 136 cm³/mol. The molecule has 0 N–H and O–H groups in total. The van der Waals surface area contributed by atoms with Crippen molar-refractivity contribution in [1.82, 2.24) is 0 Å². The first-order chi connectivity index (χ1) is 16.6. The predicted octanol–water partition coefficient (Wildman–Crippen LogP) is 7.86. The third-order valence-electron chi connectivity index (χ3n) is 15.9. The topological polar surface area (TPSA) is 0 Å². The van der Waals surface area contributed by atoms with Crippen molar-refractivity contribution in [3.05, 3.63) is 24.3 Å². The Morgan fingerprint density at radius 3 is 1.82 bits per heavy atom. The summed E-state index contributed by atoms with van der Waals surface area (Å²) in [7, 11) is 0. The van der Waals surface area contributed by atoms with Crippen molar-refractivity contribution in [2.75, 3.05) is 0 Å². The summed E-state index contributed by atoms with van der Waals surface area (Å²) in [5, 5.41) is 0. The van der Waals surface area contributed by atoms with Crippen molar-refractivity contribution in [3.63, 3.8) is 0 Å². The van der Waals surface area contributed by atoms with E-state index in [9.17, 15) is 0 Å². The van der Waals surface area contributed by atoms with Crippen LogP contribution < -0.4 is 0 Å². The molecule has 10 aliphatic carbocycles. The lowest BCUT2D eigenvalue weighted by atomic mass is 9.55. The SMILES string of the molecule is CC(C)(CC1CC2CC1C1C3CC(C4CC=CC43)C21)C1CC2CC1C1C3CC(C4CC=CC43)C21. The van der Waals surface area contributed by atoms with E-state index in [4.69, 9.17) is 0 Å². The molecule has 8 bridgehead atoms. The second-order valence-electron chi connectivity index (χ2n) is 16.6. The van der Waals surface area contributed by atoms with Crippen LogP contribution in [0.2, 0.25) is 0 Å². The van der Waals surface area contributed by atoms with Crippen molar-refractivity contribution >= 4 is 0 Å². The van der Waals surface area contributed by atoms with Gasteiger partial charge < -0.3 is 0 Å². The second kappa shape index (κ2) is 6.13. The van der Waals surface area contributed by atoms with Gasteiger partial charge in [0.1, 0.15) is 0 Å². The third-order valence-corrected chi connectivity index (χ3v) is 15.9. The first kappa shape index (κ1) is 19.6. The average molecular weight is 455 g/mol. The first-order valence-electron chi connectivity index (χ1n) is 15.9. The fourth-order valence-corrected chi connectivity index (χ4v) is 15.7. The molecule has 0 spiro atoms. The van der Waals surface area contributed by atoms with Gasteiger partial charge in [0.2, 0.25) is 0 Å². The lowest BCUT2D eigenvalue weighted by molar-refractivity contribution is -0.0104. The number of allylic oxidation sites excluding steroid dienone is 4. The fraction of sp³-hybridized carbons (Fsp3) is 0.882. The summed E-state index contributed by atoms with van der Waals surface area (Å²) >= 11 is 0. The van der Waals surface area contributed by atoms with Gasteiger partial charge in [0.25, 0.3) is 0 Å². The van der Waals surface area contributed by atoms with Crippen LogP contribution in [0.1, 0.15) is 71.6 Å². The third kappa shape index (κ3) is 2.08. The van der Waals surface area contributed by atoms with Crippen molar-refractivity contribution < 1.29 is 0 Å². The molecule has 182 valence electrons. The van der Waals surface area contributed by atoms with E-state index in [2.05, 4.69) is 38.2 Å². The molecule has 0 saturated heterocycles. The highest BCUT2D eigenvalue weighted by molar-refractivity contribution is 5.23. The molecule has 0 aromatic rings. The van der Waals surface area contributed by atoms with Gasteiger partial charge in [-0.15, -0.1) is 0 Å². The first-order valence-corrected chi connectivity index (χ1v) is 15.9. The van der Waals surface area contributed by atoms with Gasteiger partial charge in [-0.25, -0.2) is 0 Å². The van der Waals surface area contributed by atoms with Gasteiger partial charge in [0.15, 0.2) is 0 Å². The minimum absolute atomic E-state index is 0.592. The summed E-state index contributed by atoms with van der Waals surface area (Å²) in [6.07, 6.45) is 24.8. The summed E-state index contributed by atoms with van der Waals surface area (Å²) in [6.45, 7) is 5.53. The number of hydrogen-bond acceptors (Lipinski definition) is 0. The molecule has 0 nitrogen and oxygen atoms in total. The minimum Gasteiger partial charge on any atom is -0.0879 e. The summed E-state index contributed by atoms with van der Waals surface area (Å²) in [5.74, 6) is 19.9. The zero-order valence-corrected chi connectivity index (χ0v) is 21.6. The van der Waals surface area contributed by atoms with Gasteiger partial charge in [-0.1, -0.05) is 38.2 Å². The lowest BCUT2D eigenvalue weighted by Gasteiger charge is -2.49. The van der Waals surface area contributed by atoms with Crippen molar-refractivity contribution in [2.24, 2.45) is 112 Å². The Bertz CT molecular complexity index is 984. The van der Waals surface area contributed by atoms with Gasteiger partial charge >= 0.3 is 0 Å². The molecule has 0 aliphatic heterocycles. The maximum absolute atomic E-state index is 2.76. The van der Waals surface area contributed by atoms with Crippen LogP contribution in [0.4, 0.5) is 0 Å². The highest BCUT2D eigenvalue weighted by atomic mass is 14.7. The van der Waals surface area contributed by atoms with Crippen molar-refractivity contribution in [3.8, 4) is 0 Å². The molecule has 18 atom stereocenters. The van der Waals surface area contributed by atoms with Gasteiger partial charge in [-0.05, 0) is 170 Å². The van der Waals surface area contributed by atoms with E-state index >= 15 is 0 Å². The molecule has 0 radical (unpaired) electrons. The van der Waals surface area contributed by atoms with E-state index in [1.54, 1.807) is 44.9 Å². The lowest BCUT2D eigenvalue weighted by Crippen LogP contribution is -2.44. The molecule has 0 aromatic carbocycles. The molecule has 8 fully saturated rings. The van der Waals surface area contributed by atoms with Gasteiger partial charge in [-0.2, -0.15) is 0 Å². The number of hydrogen-bond donors (Lipinski definition) is 0. The molecule has 18 unspecified atom stereocenters. The number of fused-ring (bicyclic) bond motifs is 24. The average Bonchev–Trinajstić information content (AvgIpc) is 3.66. The smallest absolute Gasteiger partial charge is 0.0168 e. The monoisotopic (exact) mass is 454 g/mol. The summed E-state index contributed by atoms with van der Waals surface area (Å²) in [4.78, 5) is 0. The van der Waals surface area contributed by atoms with E-state index < -0.39 is 0 Å². The van der Waals surface area contributed by atoms with E-state index in [1.807, 2.05) is 0 Å². The Hall–Kier alpha value is -0.520. The van der Waals surface area contributed by atoms with Crippen LogP contribution in [-0.4, -0.2) is 0 Å². The Balaban J connectivity index is 0.898. The maximum atomic E-state index is 2.76. The molecular formula is C34H46. The molecule has 0 aromatic heterocycles. The van der Waals surface area contributed by atoms with E-state index in [0.717, 1.165) is 101 Å². The molecule has 34 heavy (non-hydrogen) atoms. The van der Waals surface area contributed by atoms with Gasteiger partial charge in [0, 0.05) is 0 Å². The van der Waals surface area contributed by atoms with Crippen molar-refractivity contribution in [2.45, 2.75) is 71.6 Å². The molecule has 0 heterocycles. The van der Waals surface area contributed by atoms with E-state index in [0.29, 0.717) is 5.41 Å². The van der Waals surface area contributed by atoms with Crippen LogP contribution >= 0.6 is 0 Å². The zero-order valence-electron chi connectivity index (χ0n) is 21.6. The summed E-state index contributed by atoms with van der Waals surface area (Å²) in [6, 6.07) is 0. The van der Waals surface area contributed by atoms with Crippen LogP contribution in [0.15, 0.2) is 24.3 Å². The Labute approximate surface area is 207 Å². The summed E-state index contributed by atoms with van der Waals surface area (Å²) in [5.41, 5.74) is 0.592. The van der Waals surface area contributed by atoms with Crippen LogP contribution in [0, 0.1) is 112 Å². The molecule has 0 amide bonds. The highest BCUT2D eigenvalue weighted by Gasteiger charge is 2.70. The van der Waals surface area contributed by atoms with Gasteiger partial charge in [0.05, 0.1) is 0 Å². The minimum atomic E-state index is 0.592. The van der Waals surface area contributed by atoms with Crippen molar-refractivity contribution in [1.29, 1.82) is 0 Å². The fourth-order valence-electron chi connectivity index (χ4n) is 15.7. The Morgan fingerprint density at radius 1 is 0.559 bits per heavy atom. The molecule has 0 heteroatoms. The van der Waals surface area contributed by atoms with Crippen LogP contribution in [0.25, 0.3) is 0 Å². The maximum Gasteiger partial charge on any atom is -0.0168 e. The quantitative estimate of drug-likeness (QED) is 0.301. The summed E-state index contributed by atoms with van der Waals surface area (Å²) < 4.78 is 0. The van der Waals surface area contributed by atoms with Crippen LogP contribution in [0.3, 0.4) is 0 Å². The molecule has 8 saturated carbocycles. The second-order valence-corrected chi connectivity index (χ2v) is 16.6. The van der Waals surface area contributed by atoms with E-state index in [1.165, 1.54) is 18.8 Å². The largest absolute Gasteiger partial charge is 0.0879 e. The molecular weight excluding hydrogens is 408 g/mol. The standard InChI is InChI=1S/C34H46/c1-34(2,29-12-17-11-28(29)33-27-14-25(31(17)33)20-6-4-8-22(20)27)15-18-9-16-10-23(18)32-26-13-24(30(16)32)19-5-3-7-21(19)26/h3-4,7-8,16-33H,5-6,9-15H2,1-2H3. The highest BCUT2D eigenvalue weighted by Crippen LogP contribution is 2.76. The Morgan fingerprint density at radius 2 is 1.15 bits per heavy atom. The van der Waals surface area contributed by atoms with Gasteiger partial charge in [-0.3, -0.25) is 0 Å². The van der Waals surface area contributed by atoms with Crippen LogP contribution in [-0.2, 0) is 0 Å². The van der Waals surface area contributed by atoms with Crippen LogP contribution in [0.5, 0.6) is 0 Å².